The van der Waals surface area contributed by atoms with E-state index in [0.717, 1.165) is 5.69 Å². The van der Waals surface area contributed by atoms with E-state index in [0.29, 0.717) is 36.2 Å². The molecule has 1 fully saturated rings. The fraction of sp³-hybridized carbons (Fsp3) is 0.235. The van der Waals surface area contributed by atoms with Gasteiger partial charge in [0.25, 0.3) is 11.5 Å². The molecule has 1 aliphatic heterocycles. The maximum Gasteiger partial charge on any atom is 0.271 e. The Balaban J connectivity index is 1.50. The van der Waals surface area contributed by atoms with Gasteiger partial charge in [0, 0.05) is 54.7 Å². The number of aromatic nitrogens is 2. The lowest BCUT2D eigenvalue weighted by molar-refractivity contribution is 0.0744. The van der Waals surface area contributed by atoms with Crippen LogP contribution in [0, 0.1) is 0 Å². The third-order valence-electron chi connectivity index (χ3n) is 4.33. The third kappa shape index (κ3) is 3.01. The lowest BCUT2D eigenvalue weighted by Gasteiger charge is -2.36. The molecule has 25 heavy (non-hydrogen) atoms. The summed E-state index contributed by atoms with van der Waals surface area (Å²) in [6, 6.07) is 7.66. The molecule has 0 unspecified atom stereocenters. The van der Waals surface area contributed by atoms with Crippen LogP contribution in [0.15, 0.2) is 46.8 Å². The van der Waals surface area contributed by atoms with Gasteiger partial charge in [0.1, 0.15) is 5.56 Å². The Bertz CT molecular complexity index is 974. The Morgan fingerprint density at radius 3 is 2.56 bits per heavy atom. The van der Waals surface area contributed by atoms with Gasteiger partial charge in [0.2, 0.25) is 0 Å². The zero-order chi connectivity index (χ0) is 17.4. The second-order valence-corrected chi connectivity index (χ2v) is 7.10. The molecule has 1 amide bonds. The first-order valence-electron chi connectivity index (χ1n) is 7.88. The SMILES string of the molecule is O=C(c1cnc2sccn2c1=O)N1CCN(c2ccc(Cl)cc2)CC1. The number of fused-ring (bicyclic) bond motifs is 1. The molecule has 0 saturated carbocycles. The summed E-state index contributed by atoms with van der Waals surface area (Å²) in [5, 5.41) is 2.48. The predicted octanol–water partition coefficient (Wildman–Crippen LogP) is 2.37. The van der Waals surface area contributed by atoms with Crippen LogP contribution in [0.4, 0.5) is 5.69 Å². The highest BCUT2D eigenvalue weighted by Gasteiger charge is 2.25. The van der Waals surface area contributed by atoms with Crippen LogP contribution in [0.25, 0.3) is 4.96 Å². The van der Waals surface area contributed by atoms with Gasteiger partial charge in [-0.3, -0.25) is 14.0 Å². The lowest BCUT2D eigenvalue weighted by Crippen LogP contribution is -2.49. The first kappa shape index (κ1) is 16.1. The molecule has 3 heterocycles. The second kappa shape index (κ2) is 6.50. The van der Waals surface area contributed by atoms with E-state index in [1.54, 1.807) is 16.5 Å². The van der Waals surface area contributed by atoms with Gasteiger partial charge in [0.15, 0.2) is 4.96 Å². The fourth-order valence-electron chi connectivity index (χ4n) is 2.96. The van der Waals surface area contributed by atoms with Crippen molar-refractivity contribution < 1.29 is 4.79 Å². The Morgan fingerprint density at radius 1 is 1.12 bits per heavy atom. The average Bonchev–Trinajstić information content (AvgIpc) is 3.12. The predicted molar refractivity (Wildman–Crippen MR) is 98.9 cm³/mol. The van der Waals surface area contributed by atoms with Gasteiger partial charge in [-0.15, -0.1) is 11.3 Å². The van der Waals surface area contributed by atoms with Crippen molar-refractivity contribution in [2.24, 2.45) is 0 Å². The molecule has 0 N–H and O–H groups in total. The summed E-state index contributed by atoms with van der Waals surface area (Å²) in [6.45, 7) is 2.55. The maximum absolute atomic E-state index is 12.7. The Morgan fingerprint density at radius 2 is 1.84 bits per heavy atom. The number of hydrogen-bond donors (Lipinski definition) is 0. The Hall–Kier alpha value is -2.38. The van der Waals surface area contributed by atoms with E-state index in [2.05, 4.69) is 9.88 Å². The molecule has 0 spiro atoms. The number of carbonyl (C=O) groups is 1. The minimum Gasteiger partial charge on any atom is -0.368 e. The molecule has 0 atom stereocenters. The van der Waals surface area contributed by atoms with E-state index in [9.17, 15) is 9.59 Å². The van der Waals surface area contributed by atoms with Crippen LogP contribution in [-0.4, -0.2) is 46.4 Å². The van der Waals surface area contributed by atoms with Gasteiger partial charge < -0.3 is 9.80 Å². The monoisotopic (exact) mass is 374 g/mol. The Labute approximate surface area is 152 Å². The molecular formula is C17H15ClN4O2S. The van der Waals surface area contributed by atoms with Crippen LogP contribution in [0.2, 0.25) is 5.02 Å². The highest BCUT2D eigenvalue weighted by atomic mass is 35.5. The average molecular weight is 375 g/mol. The van der Waals surface area contributed by atoms with E-state index in [1.165, 1.54) is 21.9 Å². The summed E-state index contributed by atoms with van der Waals surface area (Å²) < 4.78 is 1.42. The highest BCUT2D eigenvalue weighted by Crippen LogP contribution is 2.20. The number of nitrogens with zero attached hydrogens (tertiary/aromatic N) is 4. The summed E-state index contributed by atoms with van der Waals surface area (Å²) in [4.78, 5) is 33.9. The number of halogens is 1. The maximum atomic E-state index is 12.7. The van der Waals surface area contributed by atoms with E-state index < -0.39 is 0 Å². The molecule has 0 radical (unpaired) electrons. The molecule has 8 heteroatoms. The first-order valence-corrected chi connectivity index (χ1v) is 9.14. The van der Waals surface area contributed by atoms with Gasteiger partial charge >= 0.3 is 0 Å². The summed E-state index contributed by atoms with van der Waals surface area (Å²) in [5.74, 6) is -0.256. The van der Waals surface area contributed by atoms with Crippen molar-refractivity contribution in [2.45, 2.75) is 0 Å². The van der Waals surface area contributed by atoms with Crippen LogP contribution >= 0.6 is 22.9 Å². The second-order valence-electron chi connectivity index (χ2n) is 5.79. The van der Waals surface area contributed by atoms with Crippen LogP contribution in [0.5, 0.6) is 0 Å². The molecular weight excluding hydrogens is 360 g/mol. The van der Waals surface area contributed by atoms with Crippen LogP contribution in [0.1, 0.15) is 10.4 Å². The van der Waals surface area contributed by atoms with Crippen LogP contribution in [0.3, 0.4) is 0 Å². The van der Waals surface area contributed by atoms with E-state index >= 15 is 0 Å². The Kier molecular flexibility index (Phi) is 4.19. The van der Waals surface area contributed by atoms with Gasteiger partial charge in [-0.05, 0) is 24.3 Å². The fourth-order valence-corrected chi connectivity index (χ4v) is 3.76. The number of thiazole rings is 1. The normalized spacial score (nSPS) is 14.9. The van der Waals surface area contributed by atoms with Crippen molar-refractivity contribution in [3.8, 4) is 0 Å². The summed E-state index contributed by atoms with van der Waals surface area (Å²) in [6.07, 6.45) is 3.03. The molecule has 2 aromatic heterocycles. The highest BCUT2D eigenvalue weighted by molar-refractivity contribution is 7.15. The molecule has 1 aromatic carbocycles. The number of benzene rings is 1. The number of rotatable bonds is 2. The molecule has 0 bridgehead atoms. The number of anilines is 1. The summed E-state index contributed by atoms with van der Waals surface area (Å²) in [7, 11) is 0. The van der Waals surface area contributed by atoms with Crippen molar-refractivity contribution in [3.05, 3.63) is 63.0 Å². The molecule has 1 aliphatic rings. The van der Waals surface area contributed by atoms with Gasteiger partial charge in [-0.25, -0.2) is 4.98 Å². The van der Waals surface area contributed by atoms with Crippen LogP contribution in [-0.2, 0) is 0 Å². The number of hydrogen-bond acceptors (Lipinski definition) is 5. The topological polar surface area (TPSA) is 57.9 Å². The van der Waals surface area contributed by atoms with Crippen molar-refractivity contribution in [3.63, 3.8) is 0 Å². The number of amides is 1. The largest absolute Gasteiger partial charge is 0.368 e. The molecule has 0 aliphatic carbocycles. The standard InChI is InChI=1S/C17H15ClN4O2S/c18-12-1-3-13(4-2-12)20-5-7-21(8-6-20)15(23)14-11-19-17-22(16(14)24)9-10-25-17/h1-4,9-11H,5-8H2. The number of piperazine rings is 1. The van der Waals surface area contributed by atoms with Crippen molar-refractivity contribution in [1.82, 2.24) is 14.3 Å². The van der Waals surface area contributed by atoms with Crippen molar-refractivity contribution in [2.75, 3.05) is 31.1 Å². The minimum absolute atomic E-state index is 0.121. The zero-order valence-corrected chi connectivity index (χ0v) is 14.8. The van der Waals surface area contributed by atoms with Crippen LogP contribution < -0.4 is 10.5 Å². The van der Waals surface area contributed by atoms with E-state index in [1.807, 2.05) is 24.3 Å². The molecule has 4 rings (SSSR count). The van der Waals surface area contributed by atoms with E-state index in [4.69, 9.17) is 11.6 Å². The summed E-state index contributed by atoms with van der Waals surface area (Å²) in [5.41, 5.74) is 0.894. The van der Waals surface area contributed by atoms with Crippen molar-refractivity contribution >= 4 is 39.5 Å². The van der Waals surface area contributed by atoms with Gasteiger partial charge in [-0.2, -0.15) is 0 Å². The smallest absolute Gasteiger partial charge is 0.271 e. The van der Waals surface area contributed by atoms with E-state index in [-0.39, 0.29) is 17.0 Å². The molecule has 1 saturated heterocycles. The summed E-state index contributed by atoms with van der Waals surface area (Å²) >= 11 is 7.29. The third-order valence-corrected chi connectivity index (χ3v) is 5.35. The number of carbonyl (C=O) groups excluding carboxylic acids is 1. The van der Waals surface area contributed by atoms with Gasteiger partial charge in [0.05, 0.1) is 0 Å². The lowest BCUT2D eigenvalue weighted by atomic mass is 10.2. The quantitative estimate of drug-likeness (QED) is 0.691. The molecule has 128 valence electrons. The molecule has 3 aromatic rings. The van der Waals surface area contributed by atoms with Gasteiger partial charge in [-0.1, -0.05) is 11.6 Å². The first-order chi connectivity index (χ1) is 12.1. The minimum atomic E-state index is -0.309. The zero-order valence-electron chi connectivity index (χ0n) is 13.3. The van der Waals surface area contributed by atoms with Crippen molar-refractivity contribution in [1.29, 1.82) is 0 Å². The molecule has 6 nitrogen and oxygen atoms in total.